The fourth-order valence-corrected chi connectivity index (χ4v) is 7.86. The number of thioether (sulfide) groups is 1. The highest BCUT2D eigenvalue weighted by Crippen LogP contribution is 2.40. The highest BCUT2D eigenvalue weighted by molar-refractivity contribution is 8.01. The van der Waals surface area contributed by atoms with E-state index < -0.39 is 30.3 Å². The third-order valence-electron chi connectivity index (χ3n) is 8.46. The van der Waals surface area contributed by atoms with Crippen LogP contribution in [-0.2, 0) is 32.2 Å². The van der Waals surface area contributed by atoms with Crippen LogP contribution >= 0.6 is 23.1 Å². The van der Waals surface area contributed by atoms with Crippen molar-refractivity contribution in [1.29, 1.82) is 0 Å². The van der Waals surface area contributed by atoms with Crippen LogP contribution in [0.5, 0.6) is 0 Å². The van der Waals surface area contributed by atoms with E-state index in [1.165, 1.54) is 11.3 Å². The van der Waals surface area contributed by atoms with Gasteiger partial charge in [0.1, 0.15) is 11.0 Å². The zero-order valence-corrected chi connectivity index (χ0v) is 28.2. The summed E-state index contributed by atoms with van der Waals surface area (Å²) in [7, 11) is 0. The number of rotatable bonds is 10. The fraction of sp³-hybridized carbons (Fsp3) is 0.371. The van der Waals surface area contributed by atoms with Crippen LogP contribution in [0.3, 0.4) is 0 Å². The van der Waals surface area contributed by atoms with Gasteiger partial charge in [-0.15, -0.1) is 10.2 Å². The van der Waals surface area contributed by atoms with Crippen molar-refractivity contribution in [1.82, 2.24) is 20.4 Å². The lowest BCUT2D eigenvalue weighted by Gasteiger charge is -2.36. The molecule has 2 saturated heterocycles. The Labute approximate surface area is 289 Å². The van der Waals surface area contributed by atoms with Crippen LogP contribution in [0.1, 0.15) is 58.9 Å². The number of halogens is 3. The van der Waals surface area contributed by atoms with Crippen molar-refractivity contribution < 1.29 is 37.3 Å². The van der Waals surface area contributed by atoms with Crippen molar-refractivity contribution in [2.24, 2.45) is 0 Å². The van der Waals surface area contributed by atoms with Crippen molar-refractivity contribution in [3.63, 3.8) is 0 Å². The molecule has 2 aliphatic rings. The average molecular weight is 713 g/mol. The Hall–Kier alpha value is -3.82. The van der Waals surface area contributed by atoms with Crippen molar-refractivity contribution in [2.45, 2.75) is 74.4 Å². The minimum absolute atomic E-state index is 0.0411. The molecular formula is C35H35F3N4O5S2. The molecule has 0 radical (unpaired) electrons. The molecule has 4 aromatic rings. The number of benzene rings is 3. The second kappa shape index (κ2) is 15.4. The third-order valence-corrected chi connectivity index (χ3v) is 10.6. The lowest BCUT2D eigenvalue weighted by atomic mass is 9.99. The molecule has 0 bridgehead atoms. The monoisotopic (exact) mass is 712 g/mol. The van der Waals surface area contributed by atoms with Crippen molar-refractivity contribution in [2.75, 3.05) is 12.3 Å². The summed E-state index contributed by atoms with van der Waals surface area (Å²) in [5.74, 6) is -1.93. The minimum Gasteiger partial charge on any atom is -0.392 e. The molecule has 2 aliphatic heterocycles. The summed E-state index contributed by atoms with van der Waals surface area (Å²) in [6.45, 7) is 1.87. The number of hydrogen-bond acceptors (Lipinski definition) is 9. The summed E-state index contributed by atoms with van der Waals surface area (Å²) in [4.78, 5) is 25.3. The average Bonchev–Trinajstić information content (AvgIpc) is 3.78. The molecule has 4 unspecified atom stereocenters. The molecule has 3 heterocycles. The highest BCUT2D eigenvalue weighted by atomic mass is 32.2. The van der Waals surface area contributed by atoms with E-state index in [0.717, 1.165) is 42.7 Å². The largest absolute Gasteiger partial charge is 0.471 e. The van der Waals surface area contributed by atoms with E-state index in [-0.39, 0.29) is 38.3 Å². The Morgan fingerprint density at radius 1 is 1.00 bits per heavy atom. The standard InChI is InChI=1S/C35H35F3N4O5S2/c1-21-40-41-34(49-21)48-20-28-17-30(24-12-10-22(19-43)11-13-24)47-32(46-28)27-8-3-7-26(16-27)25-6-2-5-23(15-25)18-39-31(44)29-9-4-14-42(29)33(45)35(36,37)38/h2-3,5-8,10-13,15-16,28-30,32,43H,4,9,14,17-20H2,1H3,(H,39,44). The first-order chi connectivity index (χ1) is 23.6. The van der Waals surface area contributed by atoms with E-state index in [1.807, 2.05) is 79.7 Å². The predicted molar refractivity (Wildman–Crippen MR) is 178 cm³/mol. The Bertz CT molecular complexity index is 1770. The molecule has 3 aromatic carbocycles. The Kier molecular flexibility index (Phi) is 11.0. The number of carbonyl (C=O) groups is 2. The van der Waals surface area contributed by atoms with Crippen LogP contribution < -0.4 is 5.32 Å². The van der Waals surface area contributed by atoms with Crippen molar-refractivity contribution in [3.05, 3.63) is 100 Å². The van der Waals surface area contributed by atoms with Crippen LogP contribution in [0.15, 0.2) is 77.1 Å². The topological polar surface area (TPSA) is 114 Å². The van der Waals surface area contributed by atoms with E-state index in [1.54, 1.807) is 11.8 Å². The van der Waals surface area contributed by atoms with Crippen molar-refractivity contribution in [3.8, 4) is 11.1 Å². The number of likely N-dealkylation sites (tertiary alicyclic amines) is 1. The Morgan fingerprint density at radius 2 is 1.76 bits per heavy atom. The number of amides is 2. The van der Waals surface area contributed by atoms with Gasteiger partial charge in [-0.05, 0) is 59.7 Å². The molecule has 49 heavy (non-hydrogen) atoms. The minimum atomic E-state index is -5.02. The second-order valence-electron chi connectivity index (χ2n) is 11.9. The fourth-order valence-electron chi connectivity index (χ4n) is 6.00. The van der Waals surface area contributed by atoms with Gasteiger partial charge in [0, 0.05) is 30.8 Å². The summed E-state index contributed by atoms with van der Waals surface area (Å²) in [5, 5.41) is 21.5. The second-order valence-corrected chi connectivity index (χ2v) is 14.4. The predicted octanol–water partition coefficient (Wildman–Crippen LogP) is 6.51. The molecule has 14 heteroatoms. The first kappa shape index (κ1) is 35.0. The van der Waals surface area contributed by atoms with Gasteiger partial charge in [0.25, 0.3) is 0 Å². The summed E-state index contributed by atoms with van der Waals surface area (Å²) in [5.41, 5.74) is 5.14. The number of nitrogens with one attached hydrogen (secondary N) is 1. The number of aryl methyl sites for hydroxylation is 1. The zero-order chi connectivity index (χ0) is 34.5. The van der Waals surface area contributed by atoms with Gasteiger partial charge in [-0.3, -0.25) is 9.59 Å². The number of aromatic nitrogens is 2. The Morgan fingerprint density at radius 3 is 2.47 bits per heavy atom. The molecular weight excluding hydrogens is 678 g/mol. The van der Waals surface area contributed by atoms with E-state index in [0.29, 0.717) is 23.5 Å². The molecule has 4 atom stereocenters. The summed E-state index contributed by atoms with van der Waals surface area (Å²) in [6, 6.07) is 21.9. The van der Waals surface area contributed by atoms with Crippen LogP contribution in [0.4, 0.5) is 13.2 Å². The quantitative estimate of drug-likeness (QED) is 0.179. The molecule has 0 saturated carbocycles. The summed E-state index contributed by atoms with van der Waals surface area (Å²) >= 11 is 3.14. The maximum atomic E-state index is 13.0. The van der Waals surface area contributed by atoms with Gasteiger partial charge in [-0.1, -0.05) is 83.8 Å². The van der Waals surface area contributed by atoms with Gasteiger partial charge in [-0.2, -0.15) is 13.2 Å². The van der Waals surface area contributed by atoms with Gasteiger partial charge in [0.2, 0.25) is 5.91 Å². The molecule has 258 valence electrons. The molecule has 9 nitrogen and oxygen atoms in total. The highest BCUT2D eigenvalue weighted by Gasteiger charge is 2.47. The van der Waals surface area contributed by atoms with Gasteiger partial charge in [-0.25, -0.2) is 0 Å². The van der Waals surface area contributed by atoms with Crippen LogP contribution in [0.25, 0.3) is 11.1 Å². The zero-order valence-electron chi connectivity index (χ0n) is 26.6. The van der Waals surface area contributed by atoms with E-state index in [4.69, 9.17) is 9.47 Å². The number of alkyl halides is 3. The maximum Gasteiger partial charge on any atom is 0.471 e. The number of ether oxygens (including phenoxy) is 2. The van der Waals surface area contributed by atoms with Gasteiger partial charge >= 0.3 is 12.1 Å². The molecule has 2 N–H and O–H groups in total. The molecule has 6 rings (SSSR count). The van der Waals surface area contributed by atoms with Gasteiger partial charge in [0.15, 0.2) is 10.6 Å². The van der Waals surface area contributed by atoms with Gasteiger partial charge < -0.3 is 24.8 Å². The SMILES string of the molecule is Cc1nnc(SCC2CC(c3ccc(CO)cc3)OC(c3cccc(-c4cccc(CNC(=O)C5CCCN5C(=O)C(F)(F)F)c4)c3)O2)s1. The summed E-state index contributed by atoms with van der Waals surface area (Å²) in [6.07, 6.45) is -4.92. The summed E-state index contributed by atoms with van der Waals surface area (Å²) < 4.78 is 53.0. The molecule has 1 aromatic heterocycles. The normalized spacial score (nSPS) is 21.1. The number of hydrogen-bond donors (Lipinski definition) is 2. The van der Waals surface area contributed by atoms with Crippen molar-refractivity contribution >= 4 is 34.9 Å². The third kappa shape index (κ3) is 8.68. The number of aliphatic hydroxyl groups excluding tert-OH is 1. The van der Waals surface area contributed by atoms with Crippen LogP contribution in [0, 0.1) is 6.92 Å². The Balaban J connectivity index is 1.16. The van der Waals surface area contributed by atoms with Crippen LogP contribution in [0.2, 0.25) is 0 Å². The molecule has 2 fully saturated rings. The smallest absolute Gasteiger partial charge is 0.392 e. The van der Waals surface area contributed by atoms with E-state index >= 15 is 0 Å². The molecule has 0 spiro atoms. The first-order valence-electron chi connectivity index (χ1n) is 15.9. The molecule has 0 aliphatic carbocycles. The van der Waals surface area contributed by atoms with Crippen LogP contribution in [-0.4, -0.2) is 62.6 Å². The number of nitrogens with zero attached hydrogens (tertiary/aromatic N) is 3. The lowest BCUT2D eigenvalue weighted by Crippen LogP contribution is -2.50. The maximum absolute atomic E-state index is 13.0. The number of aliphatic hydroxyl groups is 1. The molecule has 2 amide bonds. The number of carbonyl (C=O) groups excluding carboxylic acids is 2. The first-order valence-corrected chi connectivity index (χ1v) is 17.7. The van der Waals surface area contributed by atoms with Gasteiger partial charge in [0.05, 0.1) is 18.8 Å². The van der Waals surface area contributed by atoms with E-state index in [9.17, 15) is 27.9 Å². The lowest BCUT2D eigenvalue weighted by molar-refractivity contribution is -0.245. The van der Waals surface area contributed by atoms with E-state index in [2.05, 4.69) is 15.5 Å².